The summed E-state index contributed by atoms with van der Waals surface area (Å²) in [5.74, 6) is 0.536. The third-order valence-electron chi connectivity index (χ3n) is 3.76. The van der Waals surface area contributed by atoms with Crippen molar-refractivity contribution in [2.75, 3.05) is 5.32 Å². The van der Waals surface area contributed by atoms with E-state index in [2.05, 4.69) is 12.2 Å². The summed E-state index contributed by atoms with van der Waals surface area (Å²) in [4.78, 5) is 12.6. The summed E-state index contributed by atoms with van der Waals surface area (Å²) in [6, 6.07) is 7.34. The van der Waals surface area contributed by atoms with Crippen molar-refractivity contribution in [1.82, 2.24) is 0 Å². The van der Waals surface area contributed by atoms with Gasteiger partial charge in [-0.05, 0) is 38.8 Å². The second-order valence-electron chi connectivity index (χ2n) is 5.37. The fourth-order valence-electron chi connectivity index (χ4n) is 1.68. The van der Waals surface area contributed by atoms with Crippen molar-refractivity contribution in [1.29, 1.82) is 0 Å². The largest absolute Gasteiger partial charge is 0.491 e. The first-order valence-corrected chi connectivity index (χ1v) is 7.62. The summed E-state index contributed by atoms with van der Waals surface area (Å²) in [6.07, 6.45) is 1.61. The molecule has 0 fully saturated rings. The molecule has 1 aromatic rings. The molecular formula is C16H24N2O2S. The van der Waals surface area contributed by atoms with Gasteiger partial charge in [0.25, 0.3) is 0 Å². The number of nitrogens with one attached hydrogen (secondary N) is 1. The molecule has 0 heterocycles. The number of benzene rings is 1. The van der Waals surface area contributed by atoms with Gasteiger partial charge in [0.2, 0.25) is 5.91 Å². The molecule has 2 atom stereocenters. The second-order valence-corrected chi connectivity index (χ2v) is 5.81. The summed E-state index contributed by atoms with van der Waals surface area (Å²) in [6.45, 7) is 7.71. The Hall–Kier alpha value is -1.62. The molecule has 0 aliphatic heterocycles. The Balaban J connectivity index is 2.86. The molecular weight excluding hydrogens is 284 g/mol. The third kappa shape index (κ3) is 4.43. The van der Waals surface area contributed by atoms with E-state index >= 15 is 0 Å². The average molecular weight is 308 g/mol. The van der Waals surface area contributed by atoms with Crippen molar-refractivity contribution in [3.63, 3.8) is 0 Å². The zero-order chi connectivity index (χ0) is 16.0. The van der Waals surface area contributed by atoms with Crippen molar-refractivity contribution in [2.24, 2.45) is 11.1 Å². The highest BCUT2D eigenvalue weighted by molar-refractivity contribution is 7.80. The summed E-state index contributed by atoms with van der Waals surface area (Å²) < 4.78 is 5.74. The molecule has 0 aromatic heterocycles. The Morgan fingerprint density at radius 3 is 2.67 bits per heavy atom. The maximum Gasteiger partial charge on any atom is 0.237 e. The molecule has 2 unspecified atom stereocenters. The van der Waals surface area contributed by atoms with E-state index in [0.29, 0.717) is 12.1 Å². The maximum absolute atomic E-state index is 12.4. The average Bonchev–Trinajstić information content (AvgIpc) is 2.46. The van der Waals surface area contributed by atoms with E-state index < -0.39 is 5.41 Å². The molecule has 1 amide bonds. The number of hydrogen-bond donors (Lipinski definition) is 2. The quantitative estimate of drug-likeness (QED) is 0.757. The molecule has 21 heavy (non-hydrogen) atoms. The van der Waals surface area contributed by atoms with Crippen LogP contribution in [0.25, 0.3) is 0 Å². The lowest BCUT2D eigenvalue weighted by molar-refractivity contribution is -0.121. The lowest BCUT2D eigenvalue weighted by atomic mass is 9.86. The van der Waals surface area contributed by atoms with Crippen molar-refractivity contribution in [3.05, 3.63) is 24.3 Å². The number of carbonyl (C=O) groups excluding carboxylic acids is 1. The maximum atomic E-state index is 12.4. The zero-order valence-electron chi connectivity index (χ0n) is 13.1. The van der Waals surface area contributed by atoms with Gasteiger partial charge >= 0.3 is 0 Å². The zero-order valence-corrected chi connectivity index (χ0v) is 13.9. The van der Waals surface area contributed by atoms with Crippen LogP contribution in [0.5, 0.6) is 5.75 Å². The lowest BCUT2D eigenvalue weighted by Crippen LogP contribution is -2.43. The Kier molecular flexibility index (Phi) is 6.15. The van der Waals surface area contributed by atoms with Gasteiger partial charge in [0.1, 0.15) is 5.75 Å². The Morgan fingerprint density at radius 2 is 2.14 bits per heavy atom. The van der Waals surface area contributed by atoms with E-state index in [4.69, 9.17) is 22.7 Å². The standard InChI is InChI=1S/C16H24N2O2S/c1-5-11(3)20-13-9-7-8-12(10-13)18-15(19)16(4,6-2)14(17)21/h7-11H,5-6H2,1-4H3,(H2,17,21)(H,18,19). The summed E-state index contributed by atoms with van der Waals surface area (Å²) in [5.41, 5.74) is 5.53. The van der Waals surface area contributed by atoms with Crippen LogP contribution in [0.3, 0.4) is 0 Å². The summed E-state index contributed by atoms with van der Waals surface area (Å²) in [5, 5.41) is 2.86. The van der Waals surface area contributed by atoms with Crippen LogP contribution in [0.1, 0.15) is 40.5 Å². The molecule has 5 heteroatoms. The smallest absolute Gasteiger partial charge is 0.237 e. The summed E-state index contributed by atoms with van der Waals surface area (Å²) in [7, 11) is 0. The molecule has 0 aliphatic carbocycles. The van der Waals surface area contributed by atoms with Gasteiger partial charge in [0.15, 0.2) is 0 Å². The van der Waals surface area contributed by atoms with E-state index in [1.54, 1.807) is 13.0 Å². The number of anilines is 1. The fourth-order valence-corrected chi connectivity index (χ4v) is 1.92. The van der Waals surface area contributed by atoms with Crippen LogP contribution in [-0.2, 0) is 4.79 Å². The molecule has 116 valence electrons. The van der Waals surface area contributed by atoms with Gasteiger partial charge in [-0.1, -0.05) is 32.1 Å². The predicted molar refractivity (Wildman–Crippen MR) is 90.6 cm³/mol. The number of amides is 1. The molecule has 0 saturated carbocycles. The predicted octanol–water partition coefficient (Wildman–Crippen LogP) is 3.50. The first kappa shape index (κ1) is 17.4. The first-order valence-electron chi connectivity index (χ1n) is 7.21. The van der Waals surface area contributed by atoms with Crippen LogP contribution in [0.2, 0.25) is 0 Å². The number of thiocarbonyl (C=S) groups is 1. The highest BCUT2D eigenvalue weighted by Gasteiger charge is 2.34. The van der Waals surface area contributed by atoms with Gasteiger partial charge in [-0.2, -0.15) is 0 Å². The molecule has 4 nitrogen and oxygen atoms in total. The van der Waals surface area contributed by atoms with Crippen LogP contribution in [-0.4, -0.2) is 17.0 Å². The second kappa shape index (κ2) is 7.41. The van der Waals surface area contributed by atoms with E-state index in [9.17, 15) is 4.79 Å². The highest BCUT2D eigenvalue weighted by atomic mass is 32.1. The molecule has 0 radical (unpaired) electrons. The highest BCUT2D eigenvalue weighted by Crippen LogP contribution is 2.25. The number of ether oxygens (including phenoxy) is 1. The molecule has 0 saturated heterocycles. The Morgan fingerprint density at radius 1 is 1.48 bits per heavy atom. The monoisotopic (exact) mass is 308 g/mol. The van der Waals surface area contributed by atoms with Gasteiger partial charge < -0.3 is 15.8 Å². The molecule has 0 aliphatic rings. The van der Waals surface area contributed by atoms with Crippen LogP contribution >= 0.6 is 12.2 Å². The van der Waals surface area contributed by atoms with E-state index in [-0.39, 0.29) is 17.0 Å². The van der Waals surface area contributed by atoms with E-state index in [1.165, 1.54) is 0 Å². The lowest BCUT2D eigenvalue weighted by Gasteiger charge is -2.25. The minimum absolute atomic E-state index is 0.133. The van der Waals surface area contributed by atoms with Crippen molar-refractivity contribution in [2.45, 2.75) is 46.6 Å². The normalized spacial score (nSPS) is 14.9. The SMILES string of the molecule is CCC(C)Oc1cccc(NC(=O)C(C)(CC)C(N)=S)c1. The van der Waals surface area contributed by atoms with E-state index in [0.717, 1.165) is 12.2 Å². The molecule has 0 bridgehead atoms. The van der Waals surface area contributed by atoms with E-state index in [1.807, 2.05) is 32.0 Å². The minimum Gasteiger partial charge on any atom is -0.491 e. The van der Waals surface area contributed by atoms with Crippen LogP contribution in [0.4, 0.5) is 5.69 Å². The fraction of sp³-hybridized carbons (Fsp3) is 0.500. The van der Waals surface area contributed by atoms with Crippen LogP contribution < -0.4 is 15.8 Å². The van der Waals surface area contributed by atoms with Gasteiger partial charge in [0, 0.05) is 11.8 Å². The van der Waals surface area contributed by atoms with Gasteiger partial charge in [-0.15, -0.1) is 0 Å². The minimum atomic E-state index is -0.844. The van der Waals surface area contributed by atoms with Crippen LogP contribution in [0.15, 0.2) is 24.3 Å². The molecule has 3 N–H and O–H groups in total. The number of nitrogens with two attached hydrogens (primary N) is 1. The van der Waals surface area contributed by atoms with Gasteiger partial charge in [-0.25, -0.2) is 0 Å². The number of carbonyl (C=O) groups is 1. The third-order valence-corrected chi connectivity index (χ3v) is 4.21. The van der Waals surface area contributed by atoms with Gasteiger partial charge in [-0.3, -0.25) is 4.79 Å². The van der Waals surface area contributed by atoms with Crippen molar-refractivity contribution < 1.29 is 9.53 Å². The first-order chi connectivity index (χ1) is 9.83. The number of hydrogen-bond acceptors (Lipinski definition) is 3. The Bertz CT molecular complexity index is 519. The van der Waals surface area contributed by atoms with Gasteiger partial charge in [0.05, 0.1) is 16.5 Å². The molecule has 1 aromatic carbocycles. The summed E-state index contributed by atoms with van der Waals surface area (Å²) >= 11 is 5.01. The van der Waals surface area contributed by atoms with Crippen molar-refractivity contribution in [3.8, 4) is 5.75 Å². The molecule has 1 rings (SSSR count). The topological polar surface area (TPSA) is 64.3 Å². The number of rotatable bonds is 7. The van der Waals surface area contributed by atoms with Crippen LogP contribution in [0, 0.1) is 5.41 Å². The molecule has 0 spiro atoms. The van der Waals surface area contributed by atoms with Crippen molar-refractivity contribution >= 4 is 28.8 Å². The Labute approximate surface area is 132 Å².